The zero-order chi connectivity index (χ0) is 13.8. The molecular formula is C15H15N3O2. The molecule has 0 unspecified atom stereocenters. The number of hydrogen-bond acceptors (Lipinski definition) is 4. The molecule has 2 N–H and O–H groups in total. The molecule has 0 fully saturated rings. The standard InChI is InChI=1S/C15H15N3O2/c19-15(13-3-1-10-20-13)18-12-6-4-11(5-7-12)14-16-8-2-9-17-14/h1,3-7,10H,2,8-9H2,(H,16,17)(H,18,19). The summed E-state index contributed by atoms with van der Waals surface area (Å²) in [4.78, 5) is 16.3. The molecule has 1 aliphatic rings. The third-order valence-corrected chi connectivity index (χ3v) is 3.06. The summed E-state index contributed by atoms with van der Waals surface area (Å²) in [7, 11) is 0. The van der Waals surface area contributed by atoms with Crippen LogP contribution < -0.4 is 10.6 Å². The van der Waals surface area contributed by atoms with E-state index >= 15 is 0 Å². The van der Waals surface area contributed by atoms with Crippen LogP contribution in [-0.4, -0.2) is 24.8 Å². The van der Waals surface area contributed by atoms with E-state index < -0.39 is 0 Å². The molecule has 1 amide bonds. The molecule has 0 atom stereocenters. The molecular weight excluding hydrogens is 254 g/mol. The second-order valence-corrected chi connectivity index (χ2v) is 4.52. The Morgan fingerprint density at radius 1 is 1.25 bits per heavy atom. The van der Waals surface area contributed by atoms with Crippen LogP contribution >= 0.6 is 0 Å². The molecule has 20 heavy (non-hydrogen) atoms. The SMILES string of the molecule is O=C(Nc1ccc(C2=NCCCN2)cc1)c1ccco1. The maximum Gasteiger partial charge on any atom is 0.291 e. The van der Waals surface area contributed by atoms with Crippen molar-refractivity contribution in [2.75, 3.05) is 18.4 Å². The number of amidine groups is 1. The van der Waals surface area contributed by atoms with E-state index in [1.54, 1.807) is 12.1 Å². The average Bonchev–Trinajstić information content (AvgIpc) is 3.03. The highest BCUT2D eigenvalue weighted by atomic mass is 16.3. The van der Waals surface area contributed by atoms with Gasteiger partial charge in [-0.3, -0.25) is 9.79 Å². The van der Waals surface area contributed by atoms with Crippen LogP contribution in [0.15, 0.2) is 52.1 Å². The van der Waals surface area contributed by atoms with Crippen LogP contribution in [0.4, 0.5) is 5.69 Å². The minimum Gasteiger partial charge on any atom is -0.459 e. The van der Waals surface area contributed by atoms with Crippen molar-refractivity contribution in [1.29, 1.82) is 0 Å². The number of amides is 1. The fraction of sp³-hybridized carbons (Fsp3) is 0.200. The van der Waals surface area contributed by atoms with Crippen molar-refractivity contribution in [3.05, 3.63) is 54.0 Å². The van der Waals surface area contributed by atoms with Crippen molar-refractivity contribution in [2.24, 2.45) is 4.99 Å². The molecule has 1 aromatic heterocycles. The predicted molar refractivity (Wildman–Crippen MR) is 77.1 cm³/mol. The molecule has 0 spiro atoms. The summed E-state index contributed by atoms with van der Waals surface area (Å²) in [5.74, 6) is 0.962. The van der Waals surface area contributed by atoms with Gasteiger partial charge in [0.25, 0.3) is 5.91 Å². The third kappa shape index (κ3) is 2.71. The van der Waals surface area contributed by atoms with Crippen LogP contribution in [0.3, 0.4) is 0 Å². The van der Waals surface area contributed by atoms with E-state index in [4.69, 9.17) is 4.42 Å². The lowest BCUT2D eigenvalue weighted by molar-refractivity contribution is 0.0996. The second kappa shape index (κ2) is 5.61. The van der Waals surface area contributed by atoms with Gasteiger partial charge >= 0.3 is 0 Å². The lowest BCUT2D eigenvalue weighted by atomic mass is 10.1. The first-order valence-electron chi connectivity index (χ1n) is 6.56. The van der Waals surface area contributed by atoms with Gasteiger partial charge in [-0.05, 0) is 42.8 Å². The highest BCUT2D eigenvalue weighted by Crippen LogP contribution is 2.12. The molecule has 5 nitrogen and oxygen atoms in total. The van der Waals surface area contributed by atoms with Gasteiger partial charge in [-0.15, -0.1) is 0 Å². The second-order valence-electron chi connectivity index (χ2n) is 4.52. The molecule has 0 aliphatic carbocycles. The zero-order valence-corrected chi connectivity index (χ0v) is 10.9. The Bertz CT molecular complexity index is 615. The molecule has 102 valence electrons. The summed E-state index contributed by atoms with van der Waals surface area (Å²) in [5, 5.41) is 6.05. The molecule has 1 aliphatic heterocycles. The highest BCUT2D eigenvalue weighted by Gasteiger charge is 2.10. The molecule has 0 radical (unpaired) electrons. The molecule has 5 heteroatoms. The summed E-state index contributed by atoms with van der Waals surface area (Å²) in [5.41, 5.74) is 1.76. The summed E-state index contributed by atoms with van der Waals surface area (Å²) in [6, 6.07) is 10.9. The van der Waals surface area contributed by atoms with Crippen molar-refractivity contribution in [1.82, 2.24) is 5.32 Å². The predicted octanol–water partition coefficient (Wildman–Crippen LogP) is 2.27. The van der Waals surface area contributed by atoms with E-state index in [9.17, 15) is 4.79 Å². The van der Waals surface area contributed by atoms with E-state index in [1.807, 2.05) is 24.3 Å². The van der Waals surface area contributed by atoms with Gasteiger partial charge in [0, 0.05) is 24.3 Å². The first-order valence-corrected chi connectivity index (χ1v) is 6.56. The van der Waals surface area contributed by atoms with E-state index in [0.717, 1.165) is 36.6 Å². The monoisotopic (exact) mass is 269 g/mol. The Hall–Kier alpha value is -2.56. The fourth-order valence-electron chi connectivity index (χ4n) is 2.04. The maximum atomic E-state index is 11.8. The topological polar surface area (TPSA) is 66.6 Å². The minimum absolute atomic E-state index is 0.254. The Kier molecular flexibility index (Phi) is 3.50. The Morgan fingerprint density at radius 3 is 2.75 bits per heavy atom. The summed E-state index contributed by atoms with van der Waals surface area (Å²) < 4.78 is 5.05. The van der Waals surface area contributed by atoms with Crippen LogP contribution in [0.1, 0.15) is 22.5 Å². The number of carbonyl (C=O) groups excluding carboxylic acids is 1. The number of rotatable bonds is 3. The Labute approximate surface area is 116 Å². The third-order valence-electron chi connectivity index (χ3n) is 3.06. The van der Waals surface area contributed by atoms with Crippen LogP contribution in [0, 0.1) is 0 Å². The normalized spacial score (nSPS) is 14.3. The number of benzene rings is 1. The van der Waals surface area contributed by atoms with Crippen LogP contribution in [-0.2, 0) is 0 Å². The number of nitrogens with zero attached hydrogens (tertiary/aromatic N) is 1. The molecule has 0 saturated heterocycles. The van der Waals surface area contributed by atoms with E-state index in [2.05, 4.69) is 15.6 Å². The quantitative estimate of drug-likeness (QED) is 0.898. The number of nitrogens with one attached hydrogen (secondary N) is 2. The van der Waals surface area contributed by atoms with Crippen molar-refractivity contribution in [3.8, 4) is 0 Å². The lowest BCUT2D eigenvalue weighted by Gasteiger charge is -2.14. The summed E-state index contributed by atoms with van der Waals surface area (Å²) >= 11 is 0. The molecule has 3 rings (SSSR count). The molecule has 2 heterocycles. The van der Waals surface area contributed by atoms with Crippen molar-refractivity contribution >= 4 is 17.4 Å². The number of hydrogen-bond donors (Lipinski definition) is 2. The van der Waals surface area contributed by atoms with Crippen molar-refractivity contribution in [3.63, 3.8) is 0 Å². The highest BCUT2D eigenvalue weighted by molar-refractivity contribution is 6.03. The summed E-state index contributed by atoms with van der Waals surface area (Å²) in [6.45, 7) is 1.81. The number of aliphatic imine (C=N–C) groups is 1. The molecule has 0 saturated carbocycles. The largest absolute Gasteiger partial charge is 0.459 e. The number of carbonyl (C=O) groups is 1. The average molecular weight is 269 g/mol. The van der Waals surface area contributed by atoms with Crippen molar-refractivity contribution < 1.29 is 9.21 Å². The van der Waals surface area contributed by atoms with E-state index in [1.165, 1.54) is 6.26 Å². The van der Waals surface area contributed by atoms with Crippen LogP contribution in [0.25, 0.3) is 0 Å². The number of furan rings is 1. The van der Waals surface area contributed by atoms with Gasteiger partial charge < -0.3 is 15.1 Å². The van der Waals surface area contributed by atoms with E-state index in [0.29, 0.717) is 5.76 Å². The number of anilines is 1. The van der Waals surface area contributed by atoms with Gasteiger partial charge in [-0.25, -0.2) is 0 Å². The lowest BCUT2D eigenvalue weighted by Crippen LogP contribution is -2.30. The van der Waals surface area contributed by atoms with Gasteiger partial charge in [0.05, 0.1) is 6.26 Å². The molecule has 1 aromatic carbocycles. The van der Waals surface area contributed by atoms with Crippen molar-refractivity contribution in [2.45, 2.75) is 6.42 Å². The zero-order valence-electron chi connectivity index (χ0n) is 10.9. The smallest absolute Gasteiger partial charge is 0.291 e. The van der Waals surface area contributed by atoms with Crippen LogP contribution in [0.5, 0.6) is 0 Å². The first kappa shape index (κ1) is 12.5. The van der Waals surface area contributed by atoms with E-state index in [-0.39, 0.29) is 5.91 Å². The van der Waals surface area contributed by atoms with Crippen LogP contribution in [0.2, 0.25) is 0 Å². The first-order chi connectivity index (χ1) is 9.83. The molecule has 0 bridgehead atoms. The van der Waals surface area contributed by atoms with Gasteiger partial charge in [-0.2, -0.15) is 0 Å². The Balaban J connectivity index is 1.70. The summed E-state index contributed by atoms with van der Waals surface area (Å²) in [6.07, 6.45) is 2.55. The van der Waals surface area contributed by atoms with Gasteiger partial charge in [0.15, 0.2) is 5.76 Å². The fourth-order valence-corrected chi connectivity index (χ4v) is 2.04. The van der Waals surface area contributed by atoms with Gasteiger partial charge in [0.1, 0.15) is 5.84 Å². The molecule has 2 aromatic rings. The van der Waals surface area contributed by atoms with Gasteiger partial charge in [-0.1, -0.05) is 0 Å². The maximum absolute atomic E-state index is 11.8. The van der Waals surface area contributed by atoms with Gasteiger partial charge in [0.2, 0.25) is 0 Å². The minimum atomic E-state index is -0.254. The Morgan fingerprint density at radius 2 is 2.10 bits per heavy atom.